The van der Waals surface area contributed by atoms with Gasteiger partial charge >= 0.3 is 0 Å². The average Bonchev–Trinajstić information content (AvgIpc) is 3.30. The molecule has 152 valence electrons. The summed E-state index contributed by atoms with van der Waals surface area (Å²) in [6, 6.07) is 5.87. The van der Waals surface area contributed by atoms with Crippen molar-refractivity contribution in [2.24, 2.45) is 11.8 Å². The first-order valence-electron chi connectivity index (χ1n) is 10.9. The molecule has 0 unspecified atom stereocenters. The van der Waals surface area contributed by atoms with Gasteiger partial charge in [0, 0.05) is 46.3 Å². The lowest BCUT2D eigenvalue weighted by Crippen LogP contribution is -2.46. The third-order valence-corrected chi connectivity index (χ3v) is 7.56. The maximum atomic E-state index is 13.0. The zero-order valence-electron chi connectivity index (χ0n) is 16.7. The molecule has 1 aromatic carbocycles. The Morgan fingerprint density at radius 1 is 1.21 bits per heavy atom. The Morgan fingerprint density at radius 3 is 2.86 bits per heavy atom. The van der Waals surface area contributed by atoms with Gasteiger partial charge in [0.1, 0.15) is 5.82 Å². The number of benzene rings is 1. The molecule has 3 nitrogen and oxygen atoms in total. The molecule has 2 aromatic rings. The number of aryl methyl sites for hydroxylation is 1. The summed E-state index contributed by atoms with van der Waals surface area (Å²) in [6.07, 6.45) is 7.27. The highest BCUT2D eigenvalue weighted by Crippen LogP contribution is 2.40. The van der Waals surface area contributed by atoms with Crippen LogP contribution >= 0.6 is 12.2 Å². The van der Waals surface area contributed by atoms with Crippen LogP contribution in [0.4, 0.5) is 4.39 Å². The van der Waals surface area contributed by atoms with Crippen LogP contribution in [0, 0.1) is 17.7 Å². The van der Waals surface area contributed by atoms with Gasteiger partial charge in [0.05, 0.1) is 0 Å². The highest BCUT2D eigenvalue weighted by Gasteiger charge is 2.39. The van der Waals surface area contributed by atoms with E-state index in [1.165, 1.54) is 65.2 Å². The SMILES string of the molecule is O=C(CCCN1CC[C@H]2Cc3[nH]c4c(c3C(=S)[C@@H]2C1)CCC4)c1ccc(F)cc1. The van der Waals surface area contributed by atoms with Crippen LogP contribution in [0.2, 0.25) is 0 Å². The number of rotatable bonds is 5. The van der Waals surface area contributed by atoms with E-state index in [-0.39, 0.29) is 11.6 Å². The molecule has 1 fully saturated rings. The van der Waals surface area contributed by atoms with Gasteiger partial charge in [-0.2, -0.15) is 0 Å². The number of carbonyl (C=O) groups is 1. The Morgan fingerprint density at radius 2 is 2.03 bits per heavy atom. The Balaban J connectivity index is 1.19. The van der Waals surface area contributed by atoms with Crippen molar-refractivity contribution in [3.63, 3.8) is 0 Å². The lowest BCUT2D eigenvalue weighted by molar-refractivity contribution is 0.0965. The molecule has 5 heteroatoms. The van der Waals surface area contributed by atoms with Gasteiger partial charge in [-0.3, -0.25) is 4.79 Å². The van der Waals surface area contributed by atoms with Gasteiger partial charge in [-0.15, -0.1) is 0 Å². The molecule has 29 heavy (non-hydrogen) atoms. The first-order chi connectivity index (χ1) is 14.1. The van der Waals surface area contributed by atoms with Crippen LogP contribution in [0.25, 0.3) is 0 Å². The van der Waals surface area contributed by atoms with Gasteiger partial charge in [-0.1, -0.05) is 12.2 Å². The van der Waals surface area contributed by atoms with Gasteiger partial charge < -0.3 is 9.88 Å². The normalized spacial score (nSPS) is 23.6. The molecule has 5 rings (SSSR count). The number of ketones is 1. The molecule has 3 aliphatic rings. The van der Waals surface area contributed by atoms with E-state index in [9.17, 15) is 9.18 Å². The van der Waals surface area contributed by atoms with E-state index in [4.69, 9.17) is 12.2 Å². The topological polar surface area (TPSA) is 36.1 Å². The number of fused-ring (bicyclic) bond motifs is 4. The zero-order chi connectivity index (χ0) is 20.0. The van der Waals surface area contributed by atoms with Crippen LogP contribution in [0.3, 0.4) is 0 Å². The number of aromatic amines is 1. The molecule has 2 aliphatic carbocycles. The molecular weight excluding hydrogens is 383 g/mol. The third kappa shape index (κ3) is 3.59. The number of hydrogen-bond acceptors (Lipinski definition) is 3. The number of nitrogens with zero attached hydrogens (tertiary/aromatic N) is 1. The Labute approximate surface area is 176 Å². The summed E-state index contributed by atoms with van der Waals surface area (Å²) in [4.78, 5) is 19.7. The molecule has 1 N–H and O–H groups in total. The lowest BCUT2D eigenvalue weighted by atomic mass is 9.73. The molecule has 1 aliphatic heterocycles. The van der Waals surface area contributed by atoms with Crippen LogP contribution in [0.5, 0.6) is 0 Å². The fourth-order valence-electron chi connectivity index (χ4n) is 5.54. The number of nitrogens with one attached hydrogen (secondary N) is 1. The molecule has 2 atom stereocenters. The maximum absolute atomic E-state index is 13.0. The van der Waals surface area contributed by atoms with Gasteiger partial charge in [0.15, 0.2) is 5.78 Å². The largest absolute Gasteiger partial charge is 0.361 e. The number of H-pyrrole nitrogens is 1. The van der Waals surface area contributed by atoms with Gasteiger partial charge in [0.2, 0.25) is 0 Å². The predicted octanol–water partition coefficient (Wildman–Crippen LogP) is 4.52. The van der Waals surface area contributed by atoms with Crippen molar-refractivity contribution in [1.29, 1.82) is 0 Å². The number of Topliss-reactive ketones (excluding diaryl/α,β-unsaturated/α-hetero) is 1. The summed E-state index contributed by atoms with van der Waals surface area (Å²) in [6.45, 7) is 3.04. The summed E-state index contributed by atoms with van der Waals surface area (Å²) in [7, 11) is 0. The second-order valence-electron chi connectivity index (χ2n) is 8.85. The van der Waals surface area contributed by atoms with Crippen molar-refractivity contribution >= 4 is 22.9 Å². The Hall–Kier alpha value is -1.85. The Bertz CT molecular complexity index is 949. The number of thiocarbonyl (C=S) groups is 1. The monoisotopic (exact) mass is 410 g/mol. The first-order valence-corrected chi connectivity index (χ1v) is 11.3. The summed E-state index contributed by atoms with van der Waals surface area (Å²) in [5.74, 6) is 0.926. The molecule has 2 heterocycles. The van der Waals surface area contributed by atoms with Crippen molar-refractivity contribution in [1.82, 2.24) is 9.88 Å². The van der Waals surface area contributed by atoms with E-state index in [0.717, 1.165) is 32.5 Å². The average molecular weight is 411 g/mol. The lowest BCUT2D eigenvalue weighted by Gasteiger charge is -2.41. The van der Waals surface area contributed by atoms with Crippen molar-refractivity contribution in [2.75, 3.05) is 19.6 Å². The molecule has 0 bridgehead atoms. The van der Waals surface area contributed by atoms with Gasteiger partial charge in [-0.05, 0) is 87.4 Å². The third-order valence-electron chi connectivity index (χ3n) is 7.06. The van der Waals surface area contributed by atoms with Crippen LogP contribution in [-0.4, -0.2) is 40.2 Å². The highest BCUT2D eigenvalue weighted by molar-refractivity contribution is 7.80. The van der Waals surface area contributed by atoms with Gasteiger partial charge in [-0.25, -0.2) is 4.39 Å². The van der Waals surface area contributed by atoms with Crippen molar-refractivity contribution < 1.29 is 9.18 Å². The highest BCUT2D eigenvalue weighted by atomic mass is 32.1. The molecule has 0 radical (unpaired) electrons. The zero-order valence-corrected chi connectivity index (χ0v) is 17.5. The smallest absolute Gasteiger partial charge is 0.162 e. The standard InChI is InChI=1S/C24H27FN2OS/c25-17-8-6-15(7-9-17)22(28)5-2-11-27-12-10-16-13-21-23(24(29)19(16)14-27)18-3-1-4-20(18)26-21/h6-9,16,19,26H,1-5,10-14H2/t16-,19+/m0/s1. The van der Waals surface area contributed by atoms with Crippen LogP contribution in [0.1, 0.15) is 58.6 Å². The minimum absolute atomic E-state index is 0.0978. The molecule has 0 saturated carbocycles. The molecule has 0 spiro atoms. The maximum Gasteiger partial charge on any atom is 0.162 e. The van der Waals surface area contributed by atoms with E-state index in [1.54, 1.807) is 12.1 Å². The number of hydrogen-bond donors (Lipinski definition) is 1. The second kappa shape index (κ2) is 7.77. The number of piperidine rings is 1. The fraction of sp³-hybridized carbons (Fsp3) is 0.500. The minimum Gasteiger partial charge on any atom is -0.361 e. The minimum atomic E-state index is -0.302. The quantitative estimate of drug-likeness (QED) is 0.582. The van der Waals surface area contributed by atoms with E-state index in [0.29, 0.717) is 23.8 Å². The predicted molar refractivity (Wildman–Crippen MR) is 116 cm³/mol. The summed E-state index contributed by atoms with van der Waals surface area (Å²) in [5.41, 5.74) is 6.34. The second-order valence-corrected chi connectivity index (χ2v) is 9.29. The molecule has 1 saturated heterocycles. The number of likely N-dealkylation sites (tertiary alicyclic amines) is 1. The van der Waals surface area contributed by atoms with Gasteiger partial charge in [0.25, 0.3) is 0 Å². The van der Waals surface area contributed by atoms with E-state index in [2.05, 4.69) is 9.88 Å². The summed E-state index contributed by atoms with van der Waals surface area (Å²) < 4.78 is 13.0. The molecular formula is C24H27FN2OS. The van der Waals surface area contributed by atoms with Crippen LogP contribution in [0.15, 0.2) is 24.3 Å². The molecule has 0 amide bonds. The fourth-order valence-corrected chi connectivity index (χ4v) is 6.05. The number of aromatic nitrogens is 1. The van der Waals surface area contributed by atoms with E-state index >= 15 is 0 Å². The number of halogens is 1. The van der Waals surface area contributed by atoms with Crippen LogP contribution in [-0.2, 0) is 19.3 Å². The summed E-state index contributed by atoms with van der Waals surface area (Å²) >= 11 is 6.00. The Kier molecular flexibility index (Phi) is 5.12. The number of carbonyl (C=O) groups excluding carboxylic acids is 1. The molecule has 1 aromatic heterocycles. The van der Waals surface area contributed by atoms with Crippen LogP contribution < -0.4 is 0 Å². The van der Waals surface area contributed by atoms with Crippen molar-refractivity contribution in [3.05, 3.63) is 58.2 Å². The van der Waals surface area contributed by atoms with E-state index in [1.807, 2.05) is 0 Å². The summed E-state index contributed by atoms with van der Waals surface area (Å²) in [5, 5.41) is 0. The van der Waals surface area contributed by atoms with E-state index < -0.39 is 0 Å². The first kappa shape index (κ1) is 19.1. The van der Waals surface area contributed by atoms with Crippen molar-refractivity contribution in [3.8, 4) is 0 Å². The van der Waals surface area contributed by atoms with Crippen molar-refractivity contribution in [2.45, 2.75) is 44.9 Å².